The van der Waals surface area contributed by atoms with Gasteiger partial charge in [-0.15, -0.1) is 0 Å². The van der Waals surface area contributed by atoms with Crippen molar-refractivity contribution in [3.63, 3.8) is 0 Å². The molecular formula is C23H26N4O2. The molecule has 4 heterocycles. The average molecular weight is 390 g/mol. The summed E-state index contributed by atoms with van der Waals surface area (Å²) in [5.74, 6) is 2.27. The summed E-state index contributed by atoms with van der Waals surface area (Å²) in [6.45, 7) is 4.40. The molecule has 0 N–H and O–H groups in total. The molecule has 2 aliphatic heterocycles. The zero-order valence-corrected chi connectivity index (χ0v) is 16.8. The Kier molecular flexibility index (Phi) is 4.49. The second kappa shape index (κ2) is 7.17. The maximum Gasteiger partial charge on any atom is 0.289 e. The molecule has 0 bridgehead atoms. The van der Waals surface area contributed by atoms with Gasteiger partial charge in [0.05, 0.1) is 5.52 Å². The van der Waals surface area contributed by atoms with E-state index in [0.717, 1.165) is 74.2 Å². The minimum atomic E-state index is 0.00665. The Bertz CT molecular complexity index is 1040. The highest BCUT2D eigenvalue weighted by atomic mass is 16.3. The van der Waals surface area contributed by atoms with E-state index in [9.17, 15) is 4.79 Å². The van der Waals surface area contributed by atoms with Crippen LogP contribution in [0.3, 0.4) is 0 Å². The number of hydrogen-bond acceptors (Lipinski definition) is 5. The Labute approximate surface area is 170 Å². The number of carbonyl (C=O) groups is 1. The maximum atomic E-state index is 12.9. The summed E-state index contributed by atoms with van der Waals surface area (Å²) in [5.41, 5.74) is 1.05. The molecule has 1 spiro atoms. The molecule has 150 valence electrons. The lowest BCUT2D eigenvalue weighted by molar-refractivity contribution is 0.0726. The van der Waals surface area contributed by atoms with Gasteiger partial charge >= 0.3 is 0 Å². The zero-order valence-electron chi connectivity index (χ0n) is 16.8. The topological polar surface area (TPSA) is 62.5 Å². The van der Waals surface area contributed by atoms with E-state index in [1.807, 2.05) is 30.0 Å². The SMILES string of the molecule is Cc1ccc(C(=O)N2CCC[C@]3(CCCN3c3ncnc4ccccc34)CC2)o1. The fourth-order valence-corrected chi connectivity index (χ4v) is 5.08. The lowest BCUT2D eigenvalue weighted by Gasteiger charge is -2.39. The summed E-state index contributed by atoms with van der Waals surface area (Å²) in [4.78, 5) is 26.5. The summed E-state index contributed by atoms with van der Waals surface area (Å²) in [6, 6.07) is 11.9. The number of furan rings is 1. The van der Waals surface area contributed by atoms with E-state index in [2.05, 4.69) is 22.0 Å². The molecular weight excluding hydrogens is 364 g/mol. The van der Waals surface area contributed by atoms with Crippen molar-refractivity contribution in [2.45, 2.75) is 44.6 Å². The highest BCUT2D eigenvalue weighted by Gasteiger charge is 2.43. The molecule has 2 aromatic heterocycles. The lowest BCUT2D eigenvalue weighted by atomic mass is 9.87. The molecule has 2 aliphatic rings. The minimum absolute atomic E-state index is 0.00665. The normalized spacial score (nSPS) is 22.4. The van der Waals surface area contributed by atoms with Crippen LogP contribution in [-0.2, 0) is 0 Å². The van der Waals surface area contributed by atoms with Crippen molar-refractivity contribution < 1.29 is 9.21 Å². The molecule has 5 rings (SSSR count). The molecule has 0 aliphatic carbocycles. The van der Waals surface area contributed by atoms with Crippen LogP contribution in [-0.4, -0.2) is 45.9 Å². The van der Waals surface area contributed by atoms with Gasteiger partial charge in [-0.25, -0.2) is 9.97 Å². The van der Waals surface area contributed by atoms with Crippen molar-refractivity contribution in [3.05, 3.63) is 54.2 Å². The van der Waals surface area contributed by atoms with E-state index in [1.165, 1.54) is 0 Å². The van der Waals surface area contributed by atoms with Gasteiger partial charge in [-0.3, -0.25) is 4.79 Å². The largest absolute Gasteiger partial charge is 0.456 e. The van der Waals surface area contributed by atoms with E-state index in [-0.39, 0.29) is 11.4 Å². The van der Waals surface area contributed by atoms with Crippen molar-refractivity contribution in [3.8, 4) is 0 Å². The highest BCUT2D eigenvalue weighted by molar-refractivity contribution is 5.92. The molecule has 0 radical (unpaired) electrons. The first-order valence-electron chi connectivity index (χ1n) is 10.5. The molecule has 0 saturated carbocycles. The number of hydrogen-bond donors (Lipinski definition) is 0. The van der Waals surface area contributed by atoms with Crippen LogP contribution in [0.25, 0.3) is 10.9 Å². The van der Waals surface area contributed by atoms with Gasteiger partial charge in [0.15, 0.2) is 5.76 Å². The van der Waals surface area contributed by atoms with Gasteiger partial charge in [0.25, 0.3) is 5.91 Å². The Hall–Kier alpha value is -2.89. The van der Waals surface area contributed by atoms with Gasteiger partial charge in [0.2, 0.25) is 0 Å². The van der Waals surface area contributed by atoms with Crippen molar-refractivity contribution in [2.75, 3.05) is 24.5 Å². The van der Waals surface area contributed by atoms with Crippen LogP contribution in [0.5, 0.6) is 0 Å². The van der Waals surface area contributed by atoms with E-state index in [4.69, 9.17) is 9.40 Å². The fourth-order valence-electron chi connectivity index (χ4n) is 5.08. The number of benzene rings is 1. The van der Waals surface area contributed by atoms with E-state index >= 15 is 0 Å². The third-order valence-corrected chi connectivity index (χ3v) is 6.53. The fraction of sp³-hybridized carbons (Fsp3) is 0.435. The summed E-state index contributed by atoms with van der Waals surface area (Å²) in [7, 11) is 0. The van der Waals surface area contributed by atoms with E-state index in [1.54, 1.807) is 12.4 Å². The maximum absolute atomic E-state index is 12.9. The van der Waals surface area contributed by atoms with Crippen LogP contribution >= 0.6 is 0 Å². The van der Waals surface area contributed by atoms with Gasteiger partial charge in [-0.2, -0.15) is 0 Å². The molecule has 1 aromatic carbocycles. The van der Waals surface area contributed by atoms with Gasteiger partial charge in [0.1, 0.15) is 17.9 Å². The van der Waals surface area contributed by atoms with Crippen LogP contribution in [0.2, 0.25) is 0 Å². The molecule has 6 heteroatoms. The predicted octanol–water partition coefficient (Wildman–Crippen LogP) is 4.20. The first-order valence-corrected chi connectivity index (χ1v) is 10.5. The van der Waals surface area contributed by atoms with Crippen LogP contribution in [0.1, 0.15) is 48.4 Å². The van der Waals surface area contributed by atoms with Crippen molar-refractivity contribution in [1.82, 2.24) is 14.9 Å². The average Bonchev–Trinajstić information content (AvgIpc) is 3.29. The molecule has 29 heavy (non-hydrogen) atoms. The van der Waals surface area contributed by atoms with Gasteiger partial charge in [0, 0.05) is 30.6 Å². The van der Waals surface area contributed by atoms with Crippen molar-refractivity contribution in [1.29, 1.82) is 0 Å². The van der Waals surface area contributed by atoms with Gasteiger partial charge in [-0.1, -0.05) is 12.1 Å². The summed E-state index contributed by atoms with van der Waals surface area (Å²) in [5, 5.41) is 1.11. The first kappa shape index (κ1) is 18.2. The number of likely N-dealkylation sites (tertiary alicyclic amines) is 1. The third-order valence-electron chi connectivity index (χ3n) is 6.53. The zero-order chi connectivity index (χ0) is 19.8. The summed E-state index contributed by atoms with van der Waals surface area (Å²) >= 11 is 0. The number of rotatable bonds is 2. The van der Waals surface area contributed by atoms with Crippen molar-refractivity contribution in [2.24, 2.45) is 0 Å². The van der Waals surface area contributed by atoms with Crippen LogP contribution < -0.4 is 4.90 Å². The highest BCUT2D eigenvalue weighted by Crippen LogP contribution is 2.42. The standard InChI is InChI=1S/C23H26N4O2/c1-17-8-9-20(29-17)22(28)26-13-4-10-23(12-15-26)11-5-14-27(23)21-18-6-2-3-7-19(18)24-16-25-21/h2-3,6-9,16H,4-5,10-15H2,1H3/t23-/m0/s1. The number of para-hydroxylation sites is 1. The molecule has 1 amide bonds. The number of fused-ring (bicyclic) bond motifs is 1. The number of amides is 1. The molecule has 3 aromatic rings. The molecule has 0 unspecified atom stereocenters. The number of nitrogens with zero attached hydrogens (tertiary/aromatic N) is 4. The van der Waals surface area contributed by atoms with E-state index in [0.29, 0.717) is 5.76 Å². The van der Waals surface area contributed by atoms with Crippen LogP contribution in [0.4, 0.5) is 5.82 Å². The number of aromatic nitrogens is 2. The van der Waals surface area contributed by atoms with Crippen LogP contribution in [0.15, 0.2) is 47.1 Å². The Morgan fingerprint density at radius 3 is 2.66 bits per heavy atom. The molecule has 6 nitrogen and oxygen atoms in total. The Morgan fingerprint density at radius 1 is 1.00 bits per heavy atom. The minimum Gasteiger partial charge on any atom is -0.456 e. The number of carbonyl (C=O) groups excluding carboxylic acids is 1. The quantitative estimate of drug-likeness (QED) is 0.656. The Balaban J connectivity index is 1.42. The van der Waals surface area contributed by atoms with Crippen molar-refractivity contribution >= 4 is 22.6 Å². The second-order valence-electron chi connectivity index (χ2n) is 8.25. The van der Waals surface area contributed by atoms with E-state index < -0.39 is 0 Å². The third kappa shape index (κ3) is 3.16. The number of aryl methyl sites for hydroxylation is 1. The van der Waals surface area contributed by atoms with Gasteiger partial charge in [-0.05, 0) is 63.3 Å². The smallest absolute Gasteiger partial charge is 0.289 e. The number of anilines is 1. The molecule has 2 fully saturated rings. The Morgan fingerprint density at radius 2 is 1.83 bits per heavy atom. The predicted molar refractivity (Wildman–Crippen MR) is 112 cm³/mol. The molecule has 1 atom stereocenters. The summed E-state index contributed by atoms with van der Waals surface area (Å²) < 4.78 is 5.58. The second-order valence-corrected chi connectivity index (χ2v) is 8.25. The molecule has 2 saturated heterocycles. The van der Waals surface area contributed by atoms with Crippen LogP contribution in [0, 0.1) is 6.92 Å². The monoisotopic (exact) mass is 390 g/mol. The first-order chi connectivity index (χ1) is 14.2. The summed E-state index contributed by atoms with van der Waals surface area (Å²) in [6.07, 6.45) is 7.00. The lowest BCUT2D eigenvalue weighted by Crippen LogP contribution is -2.45. The van der Waals surface area contributed by atoms with Gasteiger partial charge < -0.3 is 14.2 Å².